The summed E-state index contributed by atoms with van der Waals surface area (Å²) in [6.45, 7) is 11.5. The maximum atomic E-state index is 12.1. The van der Waals surface area contributed by atoms with Crippen LogP contribution in [0.4, 0.5) is 0 Å². The first-order chi connectivity index (χ1) is 18.7. The number of aliphatic carboxylic acids is 1. The first-order valence-electron chi connectivity index (χ1n) is 13.6. The van der Waals surface area contributed by atoms with Crippen LogP contribution in [0, 0.1) is 0 Å². The number of carboxylic acids is 1. The van der Waals surface area contributed by atoms with Crippen molar-refractivity contribution in [1.29, 1.82) is 0 Å². The van der Waals surface area contributed by atoms with E-state index in [1.54, 1.807) is 25.3 Å². The van der Waals surface area contributed by atoms with Crippen molar-refractivity contribution in [3.8, 4) is 11.5 Å². The van der Waals surface area contributed by atoms with Gasteiger partial charge in [-0.15, -0.1) is 0 Å². The number of rotatable bonds is 10. The molecule has 0 spiro atoms. The van der Waals surface area contributed by atoms with Gasteiger partial charge in [0, 0.05) is 11.1 Å². The van der Waals surface area contributed by atoms with Gasteiger partial charge in [-0.1, -0.05) is 40.3 Å². The molecule has 9 heteroatoms. The van der Waals surface area contributed by atoms with Gasteiger partial charge in [0.1, 0.15) is 11.5 Å². The highest BCUT2D eigenvalue weighted by atomic mass is 28.4. The van der Waals surface area contributed by atoms with Crippen LogP contribution in [0.15, 0.2) is 36.4 Å². The normalized spacial score (nSPS) is 16.3. The lowest BCUT2D eigenvalue weighted by molar-refractivity contribution is -0.143. The smallest absolute Gasteiger partial charge is 0.316 e. The van der Waals surface area contributed by atoms with Gasteiger partial charge in [0.15, 0.2) is 8.32 Å². The second-order valence-corrected chi connectivity index (χ2v) is 17.0. The van der Waals surface area contributed by atoms with Crippen molar-refractivity contribution in [3.63, 3.8) is 0 Å². The Morgan fingerprint density at radius 1 is 0.854 bits per heavy atom. The Hall–Kier alpha value is -2.88. The molecule has 2 aromatic rings. The fourth-order valence-electron chi connectivity index (χ4n) is 4.55. The SMILES string of the molecule is C.COC(=O)C1(c2ccc(OC)c(CO[Si](C)(C)C(C)(C)C)c2)CC1.COc1ccc(C2(C(=O)O)CC2)cc1CO. The fraction of sp³-hybridized carbons (Fsp3) is 0.562. The van der Waals surface area contributed by atoms with Crippen LogP contribution in [0.1, 0.15) is 76.1 Å². The van der Waals surface area contributed by atoms with Crippen LogP contribution in [-0.4, -0.2) is 51.8 Å². The predicted molar refractivity (Wildman–Crippen MR) is 162 cm³/mol. The van der Waals surface area contributed by atoms with Gasteiger partial charge >= 0.3 is 11.9 Å². The largest absolute Gasteiger partial charge is 0.496 e. The zero-order valence-corrected chi connectivity index (χ0v) is 26.1. The Bertz CT molecular complexity index is 1220. The Morgan fingerprint density at radius 3 is 1.71 bits per heavy atom. The number of ether oxygens (including phenoxy) is 3. The third-order valence-electron chi connectivity index (χ3n) is 8.72. The van der Waals surface area contributed by atoms with E-state index in [1.165, 1.54) is 14.2 Å². The lowest BCUT2D eigenvalue weighted by atomic mass is 9.94. The highest BCUT2D eigenvalue weighted by molar-refractivity contribution is 6.74. The fourth-order valence-corrected chi connectivity index (χ4v) is 5.49. The van der Waals surface area contributed by atoms with Crippen molar-refractivity contribution < 1.29 is 38.4 Å². The van der Waals surface area contributed by atoms with Gasteiger partial charge in [-0.05, 0) is 79.2 Å². The molecular formula is C32H48O8Si. The van der Waals surface area contributed by atoms with Crippen molar-refractivity contribution in [2.24, 2.45) is 0 Å². The van der Waals surface area contributed by atoms with Crippen molar-refractivity contribution in [2.75, 3.05) is 21.3 Å². The lowest BCUT2D eigenvalue weighted by Gasteiger charge is -2.36. The Labute approximate surface area is 246 Å². The zero-order valence-electron chi connectivity index (χ0n) is 25.1. The van der Waals surface area contributed by atoms with E-state index in [4.69, 9.17) is 23.7 Å². The maximum absolute atomic E-state index is 12.1. The summed E-state index contributed by atoms with van der Waals surface area (Å²) in [6, 6.07) is 11.2. The molecule has 8 nitrogen and oxygen atoms in total. The number of carboxylic acid groups (broad SMARTS) is 1. The van der Waals surface area contributed by atoms with E-state index in [0.717, 1.165) is 35.3 Å². The Kier molecular flexibility index (Phi) is 10.8. The number of carbonyl (C=O) groups excluding carboxylic acids is 1. The third kappa shape index (κ3) is 7.13. The van der Waals surface area contributed by atoms with E-state index in [0.29, 0.717) is 30.8 Å². The van der Waals surface area contributed by atoms with Gasteiger partial charge in [-0.3, -0.25) is 9.59 Å². The second-order valence-electron chi connectivity index (χ2n) is 12.2. The number of carbonyl (C=O) groups is 2. The summed E-state index contributed by atoms with van der Waals surface area (Å²) in [4.78, 5) is 23.3. The van der Waals surface area contributed by atoms with Crippen molar-refractivity contribution in [3.05, 3.63) is 58.7 Å². The predicted octanol–water partition coefficient (Wildman–Crippen LogP) is 6.36. The standard InChI is InChI=1S/C19H30O4Si.C12H14O4.CH4/c1-18(2,3)24(6,7)23-13-14-12-15(8-9-16(14)21-4)19(10-11-19)17(20)22-5;1-16-10-3-2-9(6-8(10)7-13)12(4-5-12)11(14)15;/h8-9,12H,10-11,13H2,1-7H3;2-3,6,13H,4-5,7H2,1H3,(H,14,15);1H4. The quantitative estimate of drug-likeness (QED) is 0.244. The van der Waals surface area contributed by atoms with Gasteiger partial charge in [0.25, 0.3) is 0 Å². The molecule has 0 saturated heterocycles. The molecule has 2 fully saturated rings. The monoisotopic (exact) mass is 588 g/mol. The van der Waals surface area contributed by atoms with Gasteiger partial charge < -0.3 is 28.8 Å². The first-order valence-corrected chi connectivity index (χ1v) is 16.5. The van der Waals surface area contributed by atoms with Crippen LogP contribution in [-0.2, 0) is 42.8 Å². The summed E-state index contributed by atoms with van der Waals surface area (Å²) >= 11 is 0. The van der Waals surface area contributed by atoms with Crippen LogP contribution in [0.3, 0.4) is 0 Å². The molecule has 0 radical (unpaired) electrons. The molecular weight excluding hydrogens is 540 g/mol. The minimum Gasteiger partial charge on any atom is -0.496 e. The first kappa shape index (κ1) is 34.3. The molecule has 2 N–H and O–H groups in total. The highest BCUT2D eigenvalue weighted by Gasteiger charge is 2.53. The zero-order chi connectivity index (χ0) is 29.9. The molecule has 0 heterocycles. The van der Waals surface area contributed by atoms with Crippen LogP contribution < -0.4 is 9.47 Å². The third-order valence-corrected chi connectivity index (χ3v) is 13.2. The average Bonchev–Trinajstić information content (AvgIpc) is 3.85. The summed E-state index contributed by atoms with van der Waals surface area (Å²) in [5.74, 6) is 0.455. The highest BCUT2D eigenvalue weighted by Crippen LogP contribution is 2.50. The number of esters is 1. The van der Waals surface area contributed by atoms with Gasteiger partial charge in [0.05, 0.1) is 45.4 Å². The van der Waals surface area contributed by atoms with Crippen molar-refractivity contribution in [2.45, 2.75) is 96.1 Å². The number of benzene rings is 2. The minimum absolute atomic E-state index is 0. The van der Waals surface area contributed by atoms with Crippen LogP contribution in [0.25, 0.3) is 0 Å². The summed E-state index contributed by atoms with van der Waals surface area (Å²) in [5, 5.41) is 18.5. The van der Waals surface area contributed by atoms with E-state index < -0.39 is 25.1 Å². The summed E-state index contributed by atoms with van der Waals surface area (Å²) in [5.41, 5.74) is 2.19. The molecule has 0 unspecified atom stereocenters. The van der Waals surface area contributed by atoms with E-state index in [1.807, 2.05) is 12.1 Å². The molecule has 2 aromatic carbocycles. The second kappa shape index (κ2) is 13.0. The van der Waals surface area contributed by atoms with E-state index >= 15 is 0 Å². The van der Waals surface area contributed by atoms with Crippen LogP contribution >= 0.6 is 0 Å². The number of methoxy groups -OCH3 is 3. The summed E-state index contributed by atoms with van der Waals surface area (Å²) in [6.07, 6.45) is 3.02. The molecule has 2 aliphatic rings. The summed E-state index contributed by atoms with van der Waals surface area (Å²) < 4.78 is 21.9. The minimum atomic E-state index is -1.85. The van der Waals surface area contributed by atoms with Gasteiger partial charge in [0.2, 0.25) is 0 Å². The summed E-state index contributed by atoms with van der Waals surface area (Å²) in [7, 11) is 2.80. The number of aliphatic hydroxyl groups is 1. The molecule has 0 amide bonds. The van der Waals surface area contributed by atoms with E-state index in [2.05, 4.69) is 39.9 Å². The van der Waals surface area contributed by atoms with E-state index in [-0.39, 0.29) is 25.0 Å². The number of aliphatic hydroxyl groups excluding tert-OH is 1. The molecule has 2 saturated carbocycles. The topological polar surface area (TPSA) is 112 Å². The van der Waals surface area contributed by atoms with Crippen LogP contribution in [0.5, 0.6) is 11.5 Å². The Morgan fingerprint density at radius 2 is 1.32 bits per heavy atom. The average molecular weight is 589 g/mol. The van der Waals surface area contributed by atoms with E-state index in [9.17, 15) is 14.7 Å². The molecule has 228 valence electrons. The number of hydrogen-bond acceptors (Lipinski definition) is 7. The molecule has 4 rings (SSSR count). The maximum Gasteiger partial charge on any atom is 0.316 e. The lowest BCUT2D eigenvalue weighted by Crippen LogP contribution is -2.40. The van der Waals surface area contributed by atoms with Crippen molar-refractivity contribution in [1.82, 2.24) is 0 Å². The van der Waals surface area contributed by atoms with Gasteiger partial charge in [-0.2, -0.15) is 0 Å². The molecule has 0 bridgehead atoms. The molecule has 0 aliphatic heterocycles. The number of hydrogen-bond donors (Lipinski definition) is 2. The van der Waals surface area contributed by atoms with Crippen LogP contribution in [0.2, 0.25) is 18.1 Å². The molecule has 0 atom stereocenters. The molecule has 0 aromatic heterocycles. The van der Waals surface area contributed by atoms with Gasteiger partial charge in [-0.25, -0.2) is 0 Å². The molecule has 41 heavy (non-hydrogen) atoms. The van der Waals surface area contributed by atoms with Crippen molar-refractivity contribution >= 4 is 20.3 Å². The Balaban J connectivity index is 0.000000301. The molecule has 2 aliphatic carbocycles.